The van der Waals surface area contributed by atoms with Crippen LogP contribution in [0.1, 0.15) is 10.6 Å². The lowest BCUT2D eigenvalue weighted by molar-refractivity contribution is 0.174. The van der Waals surface area contributed by atoms with E-state index in [0.717, 1.165) is 16.8 Å². The summed E-state index contributed by atoms with van der Waals surface area (Å²) >= 11 is 7.64. The first-order valence-electron chi connectivity index (χ1n) is 7.47. The van der Waals surface area contributed by atoms with Gasteiger partial charge in [0.05, 0.1) is 16.3 Å². The molecule has 0 atom stereocenters. The minimum Gasteiger partial charge on any atom is -0.454 e. The number of halogens is 1. The first-order chi connectivity index (χ1) is 12.2. The van der Waals surface area contributed by atoms with E-state index in [1.165, 1.54) is 11.3 Å². The second-order valence-electron chi connectivity index (χ2n) is 5.31. The van der Waals surface area contributed by atoms with Crippen LogP contribution in [0, 0.1) is 11.3 Å². The molecule has 25 heavy (non-hydrogen) atoms. The van der Waals surface area contributed by atoms with Gasteiger partial charge in [0.2, 0.25) is 6.79 Å². The van der Waals surface area contributed by atoms with Gasteiger partial charge in [0.1, 0.15) is 11.1 Å². The van der Waals surface area contributed by atoms with Crippen molar-refractivity contribution in [1.29, 1.82) is 5.26 Å². The standard InChI is InChI=1S/C19H11ClN2O2S/c20-15-7-12(8-17-18(15)24-11-23-17)6-14(9-21)19-22-16(10-25-19)13-4-2-1-3-5-13/h1-8,10H,11H2/b14-6+. The fourth-order valence-corrected chi connectivity index (χ4v) is 3.59. The number of hydrogen-bond donors (Lipinski definition) is 0. The Morgan fingerprint density at radius 3 is 2.88 bits per heavy atom. The molecule has 0 amide bonds. The van der Waals surface area contributed by atoms with Crippen molar-refractivity contribution in [2.75, 3.05) is 6.79 Å². The number of aromatic nitrogens is 1. The number of rotatable bonds is 3. The van der Waals surface area contributed by atoms with Crippen LogP contribution in [0.5, 0.6) is 11.5 Å². The predicted molar refractivity (Wildman–Crippen MR) is 98.6 cm³/mol. The fraction of sp³-hybridized carbons (Fsp3) is 0.0526. The van der Waals surface area contributed by atoms with E-state index in [1.54, 1.807) is 18.2 Å². The van der Waals surface area contributed by atoms with Gasteiger partial charge < -0.3 is 9.47 Å². The Kier molecular flexibility index (Phi) is 4.14. The van der Waals surface area contributed by atoms with Gasteiger partial charge in [-0.15, -0.1) is 11.3 Å². The van der Waals surface area contributed by atoms with E-state index in [2.05, 4.69) is 11.1 Å². The molecule has 0 fully saturated rings. The molecule has 0 saturated heterocycles. The SMILES string of the molecule is N#C/C(=C\c1cc(Cl)c2c(c1)OCO2)c1nc(-c2ccccc2)cs1. The Morgan fingerprint density at radius 1 is 1.24 bits per heavy atom. The molecule has 2 heterocycles. The number of nitrogens with zero attached hydrogens (tertiary/aromatic N) is 2. The number of allylic oxidation sites excluding steroid dienone is 1. The second kappa shape index (κ2) is 6.60. The van der Waals surface area contributed by atoms with Crippen LogP contribution < -0.4 is 9.47 Å². The molecule has 0 saturated carbocycles. The van der Waals surface area contributed by atoms with Crippen LogP contribution in [-0.2, 0) is 0 Å². The topological polar surface area (TPSA) is 55.1 Å². The number of benzene rings is 2. The molecule has 1 aliphatic rings. The molecule has 4 rings (SSSR count). The van der Waals surface area contributed by atoms with E-state index in [4.69, 9.17) is 21.1 Å². The lowest BCUT2D eigenvalue weighted by atomic mass is 10.1. The van der Waals surface area contributed by atoms with Crippen LogP contribution >= 0.6 is 22.9 Å². The van der Waals surface area contributed by atoms with Gasteiger partial charge in [-0.2, -0.15) is 5.26 Å². The molecule has 0 radical (unpaired) electrons. The summed E-state index contributed by atoms with van der Waals surface area (Å²) < 4.78 is 10.7. The highest BCUT2D eigenvalue weighted by Crippen LogP contribution is 2.40. The van der Waals surface area contributed by atoms with Gasteiger partial charge in [-0.3, -0.25) is 0 Å². The van der Waals surface area contributed by atoms with Gasteiger partial charge in [-0.1, -0.05) is 41.9 Å². The number of ether oxygens (including phenoxy) is 2. The van der Waals surface area contributed by atoms with E-state index in [-0.39, 0.29) is 6.79 Å². The molecular weight excluding hydrogens is 356 g/mol. The summed E-state index contributed by atoms with van der Waals surface area (Å²) in [7, 11) is 0. The Hall–Kier alpha value is -2.81. The number of hydrogen-bond acceptors (Lipinski definition) is 5. The molecule has 1 aliphatic heterocycles. The van der Waals surface area contributed by atoms with E-state index >= 15 is 0 Å². The Bertz CT molecular complexity index is 1010. The summed E-state index contributed by atoms with van der Waals surface area (Å²) in [5, 5.41) is 12.6. The van der Waals surface area contributed by atoms with Crippen LogP contribution in [0.2, 0.25) is 5.02 Å². The van der Waals surface area contributed by atoms with Crippen molar-refractivity contribution in [3.63, 3.8) is 0 Å². The number of thiazole rings is 1. The third-order valence-corrected chi connectivity index (χ3v) is 4.84. The van der Waals surface area contributed by atoms with Crippen LogP contribution in [0.15, 0.2) is 47.8 Å². The lowest BCUT2D eigenvalue weighted by Gasteiger charge is -2.02. The van der Waals surface area contributed by atoms with Gasteiger partial charge in [-0.05, 0) is 23.8 Å². The summed E-state index contributed by atoms with van der Waals surface area (Å²) in [4.78, 5) is 4.58. The van der Waals surface area contributed by atoms with Crippen LogP contribution in [0.25, 0.3) is 22.9 Å². The monoisotopic (exact) mass is 366 g/mol. The smallest absolute Gasteiger partial charge is 0.231 e. The van der Waals surface area contributed by atoms with Crippen LogP contribution in [0.4, 0.5) is 0 Å². The summed E-state index contributed by atoms with van der Waals surface area (Å²) in [6.45, 7) is 0.153. The van der Waals surface area contributed by atoms with Crippen molar-refractivity contribution >= 4 is 34.6 Å². The van der Waals surface area contributed by atoms with Crippen molar-refractivity contribution in [2.45, 2.75) is 0 Å². The molecule has 6 heteroatoms. The zero-order chi connectivity index (χ0) is 17.2. The molecule has 0 unspecified atom stereocenters. The highest BCUT2D eigenvalue weighted by Gasteiger charge is 2.18. The van der Waals surface area contributed by atoms with Crippen LogP contribution in [0.3, 0.4) is 0 Å². The molecule has 4 nitrogen and oxygen atoms in total. The largest absolute Gasteiger partial charge is 0.454 e. The van der Waals surface area contributed by atoms with E-state index in [1.807, 2.05) is 35.7 Å². The van der Waals surface area contributed by atoms with E-state index < -0.39 is 0 Å². The Morgan fingerprint density at radius 2 is 2.08 bits per heavy atom. The first-order valence-corrected chi connectivity index (χ1v) is 8.72. The maximum atomic E-state index is 9.54. The zero-order valence-corrected chi connectivity index (χ0v) is 14.5. The average Bonchev–Trinajstić information content (AvgIpc) is 3.30. The van der Waals surface area contributed by atoms with Crippen molar-refractivity contribution in [1.82, 2.24) is 4.98 Å². The van der Waals surface area contributed by atoms with Gasteiger partial charge in [0.15, 0.2) is 11.5 Å². The fourth-order valence-electron chi connectivity index (χ4n) is 2.52. The van der Waals surface area contributed by atoms with E-state index in [9.17, 15) is 5.26 Å². The van der Waals surface area contributed by atoms with Crippen molar-refractivity contribution in [3.05, 3.63) is 63.4 Å². The Balaban J connectivity index is 1.70. The molecule has 0 aliphatic carbocycles. The van der Waals surface area contributed by atoms with Crippen LogP contribution in [-0.4, -0.2) is 11.8 Å². The normalized spacial score (nSPS) is 12.9. The molecule has 0 spiro atoms. The lowest BCUT2D eigenvalue weighted by Crippen LogP contribution is -1.93. The minimum absolute atomic E-state index is 0.153. The van der Waals surface area contributed by atoms with Crippen molar-refractivity contribution in [3.8, 4) is 28.8 Å². The summed E-state index contributed by atoms with van der Waals surface area (Å²) in [6, 6.07) is 15.6. The van der Waals surface area contributed by atoms with Crippen molar-refractivity contribution in [2.24, 2.45) is 0 Å². The Labute approximate surface area is 153 Å². The highest BCUT2D eigenvalue weighted by molar-refractivity contribution is 7.11. The van der Waals surface area contributed by atoms with Crippen molar-refractivity contribution < 1.29 is 9.47 Å². The maximum absolute atomic E-state index is 9.54. The van der Waals surface area contributed by atoms with E-state index in [0.29, 0.717) is 27.1 Å². The highest BCUT2D eigenvalue weighted by atomic mass is 35.5. The quantitative estimate of drug-likeness (QED) is 0.593. The first kappa shape index (κ1) is 15.7. The minimum atomic E-state index is 0.153. The summed E-state index contributed by atoms with van der Waals surface area (Å²) in [6.07, 6.45) is 1.75. The third-order valence-electron chi connectivity index (χ3n) is 3.69. The second-order valence-corrected chi connectivity index (χ2v) is 6.58. The zero-order valence-electron chi connectivity index (χ0n) is 12.9. The molecule has 3 aromatic rings. The molecule has 122 valence electrons. The average molecular weight is 367 g/mol. The van der Waals surface area contributed by atoms with Gasteiger partial charge in [0, 0.05) is 10.9 Å². The predicted octanol–water partition coefficient (Wildman–Crippen LogP) is 5.26. The number of fused-ring (bicyclic) bond motifs is 1. The molecule has 1 aromatic heterocycles. The van der Waals surface area contributed by atoms with Gasteiger partial charge in [-0.25, -0.2) is 4.98 Å². The molecule has 0 bridgehead atoms. The molecule has 0 N–H and O–H groups in total. The van der Waals surface area contributed by atoms with Gasteiger partial charge in [0.25, 0.3) is 0 Å². The molecule has 2 aromatic carbocycles. The van der Waals surface area contributed by atoms with Gasteiger partial charge >= 0.3 is 0 Å². The molecular formula is C19H11ClN2O2S. The number of nitriles is 1. The maximum Gasteiger partial charge on any atom is 0.231 e. The summed E-state index contributed by atoms with van der Waals surface area (Å²) in [5.41, 5.74) is 3.11. The third kappa shape index (κ3) is 3.10. The summed E-state index contributed by atoms with van der Waals surface area (Å²) in [5.74, 6) is 1.12.